The highest BCUT2D eigenvalue weighted by Crippen LogP contribution is 2.34. The highest BCUT2D eigenvalue weighted by Gasteiger charge is 2.36. The number of halogens is 8. The molecule has 409 valence electrons. The maximum absolute atomic E-state index is 13.8. The van der Waals surface area contributed by atoms with Gasteiger partial charge in [-0.3, -0.25) is 9.59 Å². The van der Waals surface area contributed by atoms with E-state index in [1.54, 1.807) is 7.41 Å². The third kappa shape index (κ3) is 17.8. The van der Waals surface area contributed by atoms with Gasteiger partial charge < -0.3 is 26.4 Å². The number of aryl methyl sites for hydroxylation is 4. The Kier molecular flexibility index (Phi) is 22.1. The van der Waals surface area contributed by atoms with Crippen LogP contribution >= 0.6 is 0 Å². The van der Waals surface area contributed by atoms with Gasteiger partial charge in [0, 0.05) is 25.2 Å². The van der Waals surface area contributed by atoms with Crippen molar-refractivity contribution in [2.45, 2.75) is 116 Å². The van der Waals surface area contributed by atoms with E-state index in [-0.39, 0.29) is 82.8 Å². The largest absolute Gasteiger partial charge is 0.419 e. The SMILES string of the molecule is C.C.NC(=O)Cc1ccc(F)cc1CCc1nc(Cc2ccc(C3CCN([B]C=O)CC3)cc2)ncc1C(F)(F)F.NC(=O)Cc1ccc(F)cc1CCc1nc(Cc2ccc(C3CCNCC3)cc2)ncc1C(F)(F)F. The summed E-state index contributed by atoms with van der Waals surface area (Å²) in [6.07, 6.45) is -2.61. The third-order valence-electron chi connectivity index (χ3n) is 13.5. The van der Waals surface area contributed by atoms with Crippen molar-refractivity contribution < 1.29 is 49.5 Å². The standard InChI is InChI=1S/C28H28BF4N4O2.C27H28F4N4O.2CH4/c30-23-7-5-22(15-26(34)39)21(14-23)6-8-25-24(28(31,32)33)16-35-27(36-25)13-18-1-3-19(4-2-18)20-9-11-37(12-10-20)29-17-38;28-22-7-5-21(15-25(32)36)20(14-22)6-8-24-23(27(29,30)31)16-34-26(35-24)13-17-1-3-18(4-2-17)19-9-11-33-12-10-19;;/h1-5,7,14,16-17,20H,6,8-13,15H2,(H2,34,39);1-5,7,14,16,19,33H,6,8-13,15H2,(H2,32,36);2*1H4. The van der Waals surface area contributed by atoms with Gasteiger partial charge in [0.25, 0.3) is 7.41 Å². The minimum absolute atomic E-state index is 0. The summed E-state index contributed by atoms with van der Waals surface area (Å²) in [7, 11) is 1.57. The summed E-state index contributed by atoms with van der Waals surface area (Å²) in [6, 6.07) is 23.7. The highest BCUT2D eigenvalue weighted by molar-refractivity contribution is 6.64. The second-order valence-electron chi connectivity index (χ2n) is 18.9. The molecule has 5 N–H and O–H groups in total. The number of alkyl halides is 6. The van der Waals surface area contributed by atoms with Gasteiger partial charge in [-0.15, -0.1) is 0 Å². The number of nitrogens with one attached hydrogen (secondary N) is 1. The van der Waals surface area contributed by atoms with Crippen LogP contribution in [0.15, 0.2) is 97.3 Å². The lowest BCUT2D eigenvalue weighted by Crippen LogP contribution is -2.36. The van der Waals surface area contributed by atoms with E-state index >= 15 is 0 Å². The molecule has 8 rings (SSSR count). The van der Waals surface area contributed by atoms with Crippen LogP contribution in [0.1, 0.15) is 131 Å². The molecule has 20 heteroatoms. The van der Waals surface area contributed by atoms with Gasteiger partial charge in [0.05, 0.1) is 41.5 Å². The van der Waals surface area contributed by atoms with Crippen LogP contribution in [0.3, 0.4) is 0 Å². The topological polar surface area (TPSA) is 170 Å². The van der Waals surface area contributed by atoms with Gasteiger partial charge in [-0.05, 0) is 158 Å². The molecule has 0 bridgehead atoms. The van der Waals surface area contributed by atoms with E-state index < -0.39 is 46.9 Å². The average molecular weight is 1070 g/mol. The first-order valence-electron chi connectivity index (χ1n) is 24.7. The summed E-state index contributed by atoms with van der Waals surface area (Å²) in [5.74, 6) is -0.880. The average Bonchev–Trinajstić information content (AvgIpc) is 3.37. The third-order valence-corrected chi connectivity index (χ3v) is 13.5. The van der Waals surface area contributed by atoms with Crippen LogP contribution in [0.2, 0.25) is 0 Å². The second kappa shape index (κ2) is 27.9. The Labute approximate surface area is 445 Å². The fourth-order valence-electron chi connectivity index (χ4n) is 9.63. The number of rotatable bonds is 18. The number of amides is 2. The van der Waals surface area contributed by atoms with Crippen LogP contribution in [0.5, 0.6) is 0 Å². The van der Waals surface area contributed by atoms with Crippen LogP contribution in [0.4, 0.5) is 35.1 Å². The number of hydrogen-bond donors (Lipinski definition) is 3. The Morgan fingerprint density at radius 2 is 1.00 bits per heavy atom. The van der Waals surface area contributed by atoms with Gasteiger partial charge >= 0.3 is 12.4 Å². The molecule has 6 aromatic rings. The van der Waals surface area contributed by atoms with Crippen molar-refractivity contribution in [3.05, 3.63) is 188 Å². The zero-order chi connectivity index (χ0) is 53.7. The lowest BCUT2D eigenvalue weighted by atomic mass is 9.84. The molecule has 2 saturated heterocycles. The Bertz CT molecular complexity index is 2910. The number of nitrogens with zero attached hydrogens (tertiary/aromatic N) is 5. The Hall–Kier alpha value is -6.93. The van der Waals surface area contributed by atoms with Gasteiger partial charge in [-0.25, -0.2) is 28.7 Å². The minimum atomic E-state index is -4.65. The first kappa shape index (κ1) is 60.9. The zero-order valence-electron chi connectivity index (χ0n) is 41.0. The van der Waals surface area contributed by atoms with E-state index in [2.05, 4.69) is 37.4 Å². The Balaban J connectivity index is 0.000000278. The Morgan fingerprint density at radius 3 is 1.38 bits per heavy atom. The van der Waals surface area contributed by atoms with Crippen molar-refractivity contribution in [2.24, 2.45) is 11.5 Å². The van der Waals surface area contributed by atoms with Gasteiger partial charge in [-0.1, -0.05) is 75.5 Å². The van der Waals surface area contributed by atoms with Crippen molar-refractivity contribution in [3.8, 4) is 0 Å². The molecule has 77 heavy (non-hydrogen) atoms. The smallest absolute Gasteiger partial charge is 0.369 e. The van der Waals surface area contributed by atoms with Crippen LogP contribution in [0.25, 0.3) is 0 Å². The summed E-state index contributed by atoms with van der Waals surface area (Å²) in [4.78, 5) is 51.9. The molecule has 2 fully saturated rings. The van der Waals surface area contributed by atoms with Gasteiger partial charge in [0.1, 0.15) is 23.3 Å². The predicted octanol–water partition coefficient (Wildman–Crippen LogP) is 9.80. The number of piperidine rings is 2. The first-order valence-corrected chi connectivity index (χ1v) is 24.7. The van der Waals surface area contributed by atoms with Crippen molar-refractivity contribution in [3.63, 3.8) is 0 Å². The molecule has 0 aliphatic carbocycles. The lowest BCUT2D eigenvalue weighted by Gasteiger charge is -2.30. The Morgan fingerprint density at radius 1 is 0.597 bits per heavy atom. The molecule has 11 nitrogen and oxygen atoms in total. The number of carbonyl (C=O) groups excluding carboxylic acids is 3. The summed E-state index contributed by atoms with van der Waals surface area (Å²) in [6.45, 7) is 3.61. The maximum Gasteiger partial charge on any atom is 0.419 e. The molecule has 4 aromatic carbocycles. The normalized spacial score (nSPS) is 14.3. The van der Waals surface area contributed by atoms with Gasteiger partial charge in [0.2, 0.25) is 11.8 Å². The number of carbonyl (C=O) groups is 3. The fourth-order valence-corrected chi connectivity index (χ4v) is 9.63. The van der Waals surface area contributed by atoms with Crippen LogP contribution < -0.4 is 16.8 Å². The predicted molar refractivity (Wildman–Crippen MR) is 280 cm³/mol. The monoisotopic (exact) mass is 1070 g/mol. The van der Waals surface area contributed by atoms with Crippen LogP contribution in [0, 0.1) is 11.6 Å². The number of benzene rings is 4. The number of aromatic nitrogens is 4. The summed E-state index contributed by atoms with van der Waals surface area (Å²) >= 11 is 0. The second-order valence-corrected chi connectivity index (χ2v) is 18.9. The molecule has 4 heterocycles. The summed E-state index contributed by atoms with van der Waals surface area (Å²) < 4.78 is 110. The molecule has 0 atom stereocenters. The molecule has 2 aromatic heterocycles. The molecule has 1 radical (unpaired) electrons. The summed E-state index contributed by atoms with van der Waals surface area (Å²) in [5, 5.41) is 3.35. The number of primary amides is 2. The van der Waals surface area contributed by atoms with Gasteiger partial charge in [0.15, 0.2) is 0 Å². The molecular weight excluding hydrogens is 1010 g/mol. The quantitative estimate of drug-likeness (QED) is 0.0431. The van der Waals surface area contributed by atoms with Gasteiger partial charge in [-0.2, -0.15) is 26.3 Å². The first-order chi connectivity index (χ1) is 35.8. The van der Waals surface area contributed by atoms with E-state index in [0.717, 1.165) is 81.6 Å². The maximum atomic E-state index is 13.8. The van der Waals surface area contributed by atoms with E-state index in [9.17, 15) is 49.5 Å². The van der Waals surface area contributed by atoms with Crippen molar-refractivity contribution >= 4 is 25.4 Å². The zero-order valence-corrected chi connectivity index (χ0v) is 41.0. The number of nitrogens with two attached hydrogens (primary N) is 2. The molecule has 0 spiro atoms. The van der Waals surface area contributed by atoms with E-state index in [4.69, 9.17) is 11.5 Å². The van der Waals surface area contributed by atoms with Crippen LogP contribution in [-0.2, 0) is 78.1 Å². The lowest BCUT2D eigenvalue weighted by molar-refractivity contribution is -0.139. The van der Waals surface area contributed by atoms with Crippen molar-refractivity contribution in [1.29, 1.82) is 0 Å². The molecule has 0 unspecified atom stereocenters. The molecule has 2 aliphatic heterocycles. The fraction of sp³-hybridized carbons (Fsp3) is 0.386. The van der Waals surface area contributed by atoms with Crippen molar-refractivity contribution in [2.75, 3.05) is 26.2 Å². The van der Waals surface area contributed by atoms with E-state index in [0.29, 0.717) is 40.5 Å². The highest BCUT2D eigenvalue weighted by atomic mass is 19.4. The molecule has 0 saturated carbocycles. The molecule has 2 aliphatic rings. The van der Waals surface area contributed by atoms with Crippen molar-refractivity contribution in [1.82, 2.24) is 30.1 Å². The van der Waals surface area contributed by atoms with E-state index in [1.807, 2.05) is 41.2 Å². The minimum Gasteiger partial charge on any atom is -0.369 e. The summed E-state index contributed by atoms with van der Waals surface area (Å²) in [5.41, 5.74) is 14.3. The molecule has 2 amide bonds. The number of hydrogen-bond acceptors (Lipinski definition) is 9. The van der Waals surface area contributed by atoms with E-state index in [1.165, 1.54) is 47.5 Å². The van der Waals surface area contributed by atoms with Crippen LogP contribution in [-0.4, -0.2) is 76.3 Å². The molecular formula is C57H64BF8N8O3.